The molecule has 0 heterocycles. The Balaban J connectivity index is 3.25. The minimum atomic E-state index is 0.519. The highest BCUT2D eigenvalue weighted by molar-refractivity contribution is 6.48. The molecule has 0 aromatic heterocycles. The summed E-state index contributed by atoms with van der Waals surface area (Å²) in [4.78, 5) is 4.45. The second-order valence-corrected chi connectivity index (χ2v) is 6.65. The Morgan fingerprint density at radius 2 is 0.773 bits per heavy atom. The molecule has 0 aliphatic rings. The van der Waals surface area contributed by atoms with E-state index in [0.29, 0.717) is 33.2 Å². The Morgan fingerprint density at radius 1 is 0.545 bits per heavy atom. The lowest BCUT2D eigenvalue weighted by Gasteiger charge is -2.24. The number of nitrogens with zero attached hydrogens (tertiary/aromatic N) is 2. The molecule has 0 saturated heterocycles. The van der Waals surface area contributed by atoms with Gasteiger partial charge in [0.05, 0.1) is 20.1 Å². The lowest BCUT2D eigenvalue weighted by Crippen LogP contribution is -2.24. The third-order valence-electron chi connectivity index (χ3n) is 4.00. The molecule has 0 saturated carbocycles. The predicted octanol–water partition coefficient (Wildman–Crippen LogP) is 5.98. The monoisotopic (exact) mass is 384 g/mol. The van der Waals surface area contributed by atoms with Crippen LogP contribution in [-0.4, -0.2) is 36.0 Å². The molecule has 0 fully saturated rings. The molecule has 0 radical (unpaired) electrons. The molecule has 0 spiro atoms. The maximum atomic E-state index is 6.48. The first-order chi connectivity index (χ1) is 10.4. The molecule has 0 aliphatic carbocycles. The molecule has 1 aromatic rings. The molecule has 22 heavy (non-hydrogen) atoms. The van der Waals surface area contributed by atoms with Crippen LogP contribution < -0.4 is 0 Å². The summed E-state index contributed by atoms with van der Waals surface area (Å²) in [5.41, 5.74) is 1.62. The van der Waals surface area contributed by atoms with Crippen molar-refractivity contribution in [3.63, 3.8) is 0 Å². The van der Waals surface area contributed by atoms with Gasteiger partial charge in [0.1, 0.15) is 0 Å². The predicted molar refractivity (Wildman–Crippen MR) is 99.7 cm³/mol. The molecule has 0 bridgehead atoms. The van der Waals surface area contributed by atoms with Crippen LogP contribution in [-0.2, 0) is 13.1 Å². The van der Waals surface area contributed by atoms with E-state index in [1.807, 2.05) is 0 Å². The van der Waals surface area contributed by atoms with E-state index < -0.39 is 0 Å². The van der Waals surface area contributed by atoms with E-state index in [1.165, 1.54) is 0 Å². The number of rotatable bonds is 8. The summed E-state index contributed by atoms with van der Waals surface area (Å²) in [6.45, 7) is 13.4. The van der Waals surface area contributed by atoms with Gasteiger partial charge in [-0.05, 0) is 26.2 Å². The maximum absolute atomic E-state index is 6.48. The van der Waals surface area contributed by atoms with Gasteiger partial charge < -0.3 is 0 Å². The summed E-state index contributed by atoms with van der Waals surface area (Å²) in [7, 11) is 0. The molecular formula is C16H24Cl4N2. The van der Waals surface area contributed by atoms with Crippen molar-refractivity contribution in [2.45, 2.75) is 40.8 Å². The Bertz CT molecular complexity index is 423. The van der Waals surface area contributed by atoms with Crippen molar-refractivity contribution >= 4 is 46.4 Å². The molecule has 2 nitrogen and oxygen atoms in total. The van der Waals surface area contributed by atoms with E-state index in [9.17, 15) is 0 Å². The fourth-order valence-electron chi connectivity index (χ4n) is 2.34. The lowest BCUT2D eigenvalue weighted by molar-refractivity contribution is 0.293. The normalized spacial score (nSPS) is 11.7. The summed E-state index contributed by atoms with van der Waals surface area (Å²) in [5.74, 6) is 0. The first kappa shape index (κ1) is 20.3. The Hall–Kier alpha value is 0.300. The topological polar surface area (TPSA) is 6.48 Å². The summed E-state index contributed by atoms with van der Waals surface area (Å²) < 4.78 is 0. The fraction of sp³-hybridized carbons (Fsp3) is 0.625. The molecule has 0 amide bonds. The Morgan fingerprint density at radius 3 is 0.955 bits per heavy atom. The van der Waals surface area contributed by atoms with Gasteiger partial charge in [-0.3, -0.25) is 9.80 Å². The summed E-state index contributed by atoms with van der Waals surface area (Å²) >= 11 is 25.9. The second kappa shape index (κ2) is 9.56. The SMILES string of the molecule is CCN(CC)Cc1c(Cl)c(Cl)c(CN(CC)CC)c(Cl)c1Cl. The van der Waals surface area contributed by atoms with E-state index in [4.69, 9.17) is 46.4 Å². The number of hydrogen-bond donors (Lipinski definition) is 0. The van der Waals surface area contributed by atoms with Gasteiger partial charge in [0.25, 0.3) is 0 Å². The van der Waals surface area contributed by atoms with E-state index in [1.54, 1.807) is 0 Å². The lowest BCUT2D eigenvalue weighted by atomic mass is 10.1. The second-order valence-electron chi connectivity index (χ2n) is 5.14. The van der Waals surface area contributed by atoms with Gasteiger partial charge >= 0.3 is 0 Å². The van der Waals surface area contributed by atoms with Crippen LogP contribution in [0.1, 0.15) is 38.8 Å². The average molecular weight is 386 g/mol. The number of benzene rings is 1. The molecule has 126 valence electrons. The van der Waals surface area contributed by atoms with Gasteiger partial charge in [0.15, 0.2) is 0 Å². The van der Waals surface area contributed by atoms with Gasteiger partial charge in [-0.1, -0.05) is 74.1 Å². The molecule has 1 rings (SSSR count). The molecular weight excluding hydrogens is 362 g/mol. The zero-order valence-electron chi connectivity index (χ0n) is 13.6. The van der Waals surface area contributed by atoms with Gasteiger partial charge in [-0.25, -0.2) is 0 Å². The summed E-state index contributed by atoms with van der Waals surface area (Å²) in [6, 6.07) is 0. The third-order valence-corrected chi connectivity index (χ3v) is 5.86. The standard InChI is InChI=1S/C16H24Cl4N2/c1-5-21(6-2)9-11-13(17)15(19)12(16(20)14(11)18)10-22(7-3)8-4/h5-10H2,1-4H3. The van der Waals surface area contributed by atoms with Crippen molar-refractivity contribution in [2.75, 3.05) is 26.2 Å². The van der Waals surface area contributed by atoms with Gasteiger partial charge in [-0.2, -0.15) is 0 Å². The van der Waals surface area contributed by atoms with Crippen molar-refractivity contribution < 1.29 is 0 Å². The smallest absolute Gasteiger partial charge is 0.0656 e. The first-order valence-electron chi connectivity index (χ1n) is 7.69. The van der Waals surface area contributed by atoms with Crippen LogP contribution >= 0.6 is 46.4 Å². The molecule has 0 N–H and O–H groups in total. The van der Waals surface area contributed by atoms with Gasteiger partial charge in [0, 0.05) is 24.2 Å². The third kappa shape index (κ3) is 4.66. The Labute approximate surface area is 154 Å². The van der Waals surface area contributed by atoms with Crippen molar-refractivity contribution in [2.24, 2.45) is 0 Å². The van der Waals surface area contributed by atoms with E-state index in [0.717, 1.165) is 37.3 Å². The van der Waals surface area contributed by atoms with Crippen molar-refractivity contribution in [3.8, 4) is 0 Å². The number of halogens is 4. The van der Waals surface area contributed by atoms with Crippen LogP contribution in [0.2, 0.25) is 20.1 Å². The summed E-state index contributed by atoms with van der Waals surface area (Å²) in [5, 5.41) is 2.07. The minimum Gasteiger partial charge on any atom is -0.300 e. The summed E-state index contributed by atoms with van der Waals surface area (Å²) in [6.07, 6.45) is 0. The largest absolute Gasteiger partial charge is 0.300 e. The van der Waals surface area contributed by atoms with Crippen LogP contribution in [0.25, 0.3) is 0 Å². The highest BCUT2D eigenvalue weighted by Gasteiger charge is 2.22. The van der Waals surface area contributed by atoms with Crippen molar-refractivity contribution in [3.05, 3.63) is 31.2 Å². The van der Waals surface area contributed by atoms with Crippen LogP contribution in [0.4, 0.5) is 0 Å². The molecule has 0 atom stereocenters. The van der Waals surface area contributed by atoms with Crippen molar-refractivity contribution in [1.82, 2.24) is 9.80 Å². The Kier molecular flexibility index (Phi) is 8.84. The van der Waals surface area contributed by atoms with Crippen LogP contribution in [0.15, 0.2) is 0 Å². The van der Waals surface area contributed by atoms with Crippen LogP contribution in [0, 0.1) is 0 Å². The zero-order chi connectivity index (χ0) is 16.9. The van der Waals surface area contributed by atoms with Gasteiger partial charge in [0.2, 0.25) is 0 Å². The molecule has 0 unspecified atom stereocenters. The van der Waals surface area contributed by atoms with Crippen LogP contribution in [0.3, 0.4) is 0 Å². The zero-order valence-corrected chi connectivity index (χ0v) is 16.7. The first-order valence-corrected chi connectivity index (χ1v) is 9.20. The highest BCUT2D eigenvalue weighted by Crippen LogP contribution is 2.42. The molecule has 0 aliphatic heterocycles. The van der Waals surface area contributed by atoms with Crippen LogP contribution in [0.5, 0.6) is 0 Å². The quantitative estimate of drug-likeness (QED) is 0.507. The van der Waals surface area contributed by atoms with Gasteiger partial charge in [-0.15, -0.1) is 0 Å². The van der Waals surface area contributed by atoms with E-state index in [-0.39, 0.29) is 0 Å². The highest BCUT2D eigenvalue weighted by atomic mass is 35.5. The molecule has 1 aromatic carbocycles. The maximum Gasteiger partial charge on any atom is 0.0656 e. The van der Waals surface area contributed by atoms with E-state index >= 15 is 0 Å². The number of hydrogen-bond acceptors (Lipinski definition) is 2. The molecule has 6 heteroatoms. The van der Waals surface area contributed by atoms with Crippen molar-refractivity contribution in [1.29, 1.82) is 0 Å². The fourth-order valence-corrected chi connectivity index (χ4v) is 3.51. The minimum absolute atomic E-state index is 0.519. The average Bonchev–Trinajstić information content (AvgIpc) is 2.54. The van der Waals surface area contributed by atoms with E-state index in [2.05, 4.69) is 37.5 Å².